The SMILES string of the molecule is O=C1CC(c2ccc(O[C@@H]3O[C@H](CO)[C@@H](O)[C@@H](O)[C@H]3O)cc2)Oc2cc(O[C@@H]3O[C@H](CO)[C@@H](O)[C@@H](O)[C@H]3O)ccc21. The molecule has 11 atom stereocenters. The van der Waals surface area contributed by atoms with Crippen molar-refractivity contribution in [2.75, 3.05) is 13.2 Å². The molecule has 3 aliphatic heterocycles. The first-order valence-corrected chi connectivity index (χ1v) is 13.0. The van der Waals surface area contributed by atoms with E-state index in [-0.39, 0.29) is 29.5 Å². The summed E-state index contributed by atoms with van der Waals surface area (Å²) in [6, 6.07) is 10.7. The average molecular weight is 581 g/mol. The molecule has 2 fully saturated rings. The van der Waals surface area contributed by atoms with Crippen molar-refractivity contribution in [3.05, 3.63) is 53.6 Å². The van der Waals surface area contributed by atoms with Crippen molar-refractivity contribution < 1.29 is 69.3 Å². The van der Waals surface area contributed by atoms with Crippen LogP contribution in [0.4, 0.5) is 0 Å². The standard InChI is InChI=1S/C27H32O14/c28-9-18-20(31)22(33)24(35)26(40-18)37-12-3-1-11(2-4-12)16-8-15(30)14-6-5-13(7-17(14)39-16)38-27-25(36)23(34)21(32)19(10-29)41-27/h1-7,16,18-29,31-36H,8-10H2/t16?,18-,19-,20-,21-,22-,23-,24-,25-,26-,27-/m1/s1. The number of aliphatic hydroxyl groups excluding tert-OH is 8. The van der Waals surface area contributed by atoms with Gasteiger partial charge in [-0.05, 0) is 29.8 Å². The highest BCUT2D eigenvalue weighted by molar-refractivity contribution is 6.00. The first-order chi connectivity index (χ1) is 19.6. The molecule has 1 unspecified atom stereocenters. The molecule has 0 amide bonds. The van der Waals surface area contributed by atoms with Crippen LogP contribution >= 0.6 is 0 Å². The van der Waals surface area contributed by atoms with Crippen LogP contribution in [-0.2, 0) is 9.47 Å². The van der Waals surface area contributed by atoms with Crippen LogP contribution < -0.4 is 14.2 Å². The Balaban J connectivity index is 1.26. The topological polar surface area (TPSA) is 225 Å². The zero-order valence-electron chi connectivity index (χ0n) is 21.5. The molecule has 0 saturated carbocycles. The molecule has 3 heterocycles. The number of Topliss-reactive ketones (excluding diaryl/α,β-unsaturated/α-hetero) is 1. The van der Waals surface area contributed by atoms with E-state index < -0.39 is 80.7 Å². The van der Waals surface area contributed by atoms with Crippen molar-refractivity contribution >= 4 is 5.78 Å². The van der Waals surface area contributed by atoms with Gasteiger partial charge < -0.3 is 64.5 Å². The van der Waals surface area contributed by atoms with Crippen LogP contribution in [0.2, 0.25) is 0 Å². The number of benzene rings is 2. The van der Waals surface area contributed by atoms with Crippen LogP contribution in [0, 0.1) is 0 Å². The van der Waals surface area contributed by atoms with Gasteiger partial charge >= 0.3 is 0 Å². The summed E-state index contributed by atoms with van der Waals surface area (Å²) < 4.78 is 28.0. The molecule has 0 bridgehead atoms. The molecule has 14 nitrogen and oxygen atoms in total. The number of rotatable bonds is 7. The molecule has 8 N–H and O–H groups in total. The number of hydrogen-bond donors (Lipinski definition) is 8. The van der Waals surface area contributed by atoms with Crippen LogP contribution in [0.3, 0.4) is 0 Å². The number of fused-ring (bicyclic) bond motifs is 1. The Morgan fingerprint density at radius 1 is 0.683 bits per heavy atom. The van der Waals surface area contributed by atoms with Crippen molar-refractivity contribution in [3.63, 3.8) is 0 Å². The third-order valence-corrected chi connectivity index (χ3v) is 7.35. The fourth-order valence-electron chi connectivity index (χ4n) is 4.92. The third-order valence-electron chi connectivity index (χ3n) is 7.35. The molecule has 3 aliphatic rings. The van der Waals surface area contributed by atoms with Crippen molar-refractivity contribution in [1.29, 1.82) is 0 Å². The molecule has 2 aromatic rings. The number of ketones is 1. The summed E-state index contributed by atoms with van der Waals surface area (Å²) in [7, 11) is 0. The van der Waals surface area contributed by atoms with E-state index in [4.69, 9.17) is 23.7 Å². The predicted octanol–water partition coefficient (Wildman–Crippen LogP) is -2.25. The summed E-state index contributed by atoms with van der Waals surface area (Å²) in [5.41, 5.74) is 0.926. The molecule has 14 heteroatoms. The van der Waals surface area contributed by atoms with Gasteiger partial charge in [-0.25, -0.2) is 0 Å². The van der Waals surface area contributed by atoms with E-state index in [1.165, 1.54) is 18.2 Å². The molecule has 5 rings (SSSR count). The Morgan fingerprint density at radius 3 is 1.73 bits per heavy atom. The van der Waals surface area contributed by atoms with E-state index >= 15 is 0 Å². The quantitative estimate of drug-likeness (QED) is 0.173. The lowest BCUT2D eigenvalue weighted by atomic mass is 9.96. The summed E-state index contributed by atoms with van der Waals surface area (Å²) >= 11 is 0. The molecule has 224 valence electrons. The number of hydrogen-bond acceptors (Lipinski definition) is 14. The first kappa shape index (κ1) is 29.6. The van der Waals surface area contributed by atoms with Gasteiger partial charge in [0.15, 0.2) is 5.78 Å². The largest absolute Gasteiger partial charge is 0.484 e. The summed E-state index contributed by atoms with van der Waals surface area (Å²) in [6.45, 7) is -1.20. The van der Waals surface area contributed by atoms with Crippen LogP contribution in [0.25, 0.3) is 0 Å². The van der Waals surface area contributed by atoms with Gasteiger partial charge in [0.05, 0.1) is 25.2 Å². The van der Waals surface area contributed by atoms with Crippen molar-refractivity contribution in [2.24, 2.45) is 0 Å². The minimum Gasteiger partial charge on any atom is -0.484 e. The highest BCUT2D eigenvalue weighted by atomic mass is 16.7. The zero-order chi connectivity index (χ0) is 29.4. The summed E-state index contributed by atoms with van der Waals surface area (Å²) in [5.74, 6) is 0.396. The van der Waals surface area contributed by atoms with Crippen molar-refractivity contribution in [2.45, 2.75) is 73.9 Å². The third kappa shape index (κ3) is 5.89. The lowest BCUT2D eigenvalue weighted by molar-refractivity contribution is -0.277. The van der Waals surface area contributed by atoms with Gasteiger partial charge in [0.2, 0.25) is 12.6 Å². The molecule has 0 radical (unpaired) electrons. The smallest absolute Gasteiger partial charge is 0.229 e. The van der Waals surface area contributed by atoms with Gasteiger partial charge in [0.1, 0.15) is 72.2 Å². The average Bonchev–Trinajstić information content (AvgIpc) is 2.97. The fourth-order valence-corrected chi connectivity index (χ4v) is 4.92. The first-order valence-electron chi connectivity index (χ1n) is 13.0. The Morgan fingerprint density at radius 2 is 1.20 bits per heavy atom. The molecular weight excluding hydrogens is 548 g/mol. The van der Waals surface area contributed by atoms with Gasteiger partial charge in [0, 0.05) is 6.07 Å². The summed E-state index contributed by atoms with van der Waals surface area (Å²) in [6.07, 6.45) is -15.1. The Hall–Kier alpha value is -2.89. The van der Waals surface area contributed by atoms with E-state index in [2.05, 4.69) is 0 Å². The zero-order valence-corrected chi connectivity index (χ0v) is 21.5. The molecule has 2 saturated heterocycles. The van der Waals surface area contributed by atoms with Gasteiger partial charge in [0.25, 0.3) is 0 Å². The van der Waals surface area contributed by atoms with E-state index in [0.29, 0.717) is 11.1 Å². The monoisotopic (exact) mass is 580 g/mol. The second-order valence-electron chi connectivity index (χ2n) is 10.1. The minimum absolute atomic E-state index is 0.0346. The lowest BCUT2D eigenvalue weighted by Crippen LogP contribution is -2.60. The highest BCUT2D eigenvalue weighted by Crippen LogP contribution is 2.38. The molecular formula is C27H32O14. The van der Waals surface area contributed by atoms with Crippen molar-refractivity contribution in [3.8, 4) is 17.2 Å². The van der Waals surface area contributed by atoms with Crippen LogP contribution in [0.1, 0.15) is 28.4 Å². The van der Waals surface area contributed by atoms with Crippen LogP contribution in [-0.4, -0.2) is 121 Å². The Bertz CT molecular complexity index is 1200. The maximum atomic E-state index is 12.9. The van der Waals surface area contributed by atoms with Gasteiger partial charge in [-0.15, -0.1) is 0 Å². The molecule has 0 spiro atoms. The number of carbonyl (C=O) groups is 1. The summed E-state index contributed by atoms with van der Waals surface area (Å²) in [4.78, 5) is 12.9. The van der Waals surface area contributed by atoms with E-state index in [1.807, 2.05) is 0 Å². The maximum absolute atomic E-state index is 12.9. The van der Waals surface area contributed by atoms with Crippen LogP contribution in [0.5, 0.6) is 17.2 Å². The number of carbonyl (C=O) groups excluding carboxylic acids is 1. The van der Waals surface area contributed by atoms with E-state index in [0.717, 1.165) is 0 Å². The second-order valence-corrected chi connectivity index (χ2v) is 10.1. The van der Waals surface area contributed by atoms with Gasteiger partial charge in [-0.1, -0.05) is 12.1 Å². The summed E-state index contributed by atoms with van der Waals surface area (Å²) in [5, 5.41) is 79.0. The normalized spacial score (nSPS) is 37.2. The predicted molar refractivity (Wildman–Crippen MR) is 134 cm³/mol. The molecule has 2 aromatic carbocycles. The van der Waals surface area contributed by atoms with Gasteiger partial charge in [-0.3, -0.25) is 4.79 Å². The fraction of sp³-hybridized carbons (Fsp3) is 0.519. The van der Waals surface area contributed by atoms with Crippen LogP contribution in [0.15, 0.2) is 42.5 Å². The van der Waals surface area contributed by atoms with Crippen molar-refractivity contribution in [1.82, 2.24) is 0 Å². The van der Waals surface area contributed by atoms with E-state index in [1.54, 1.807) is 24.3 Å². The molecule has 0 aliphatic carbocycles. The maximum Gasteiger partial charge on any atom is 0.229 e. The Labute approximate surface area is 233 Å². The van der Waals surface area contributed by atoms with E-state index in [9.17, 15) is 45.6 Å². The van der Waals surface area contributed by atoms with Gasteiger partial charge in [-0.2, -0.15) is 0 Å². The number of aliphatic hydroxyl groups is 8. The Kier molecular flexibility index (Phi) is 8.77. The lowest BCUT2D eigenvalue weighted by Gasteiger charge is -2.39. The second kappa shape index (κ2) is 12.1. The highest BCUT2D eigenvalue weighted by Gasteiger charge is 2.46. The molecule has 41 heavy (non-hydrogen) atoms. The number of ether oxygens (including phenoxy) is 5. The molecule has 0 aromatic heterocycles. The minimum atomic E-state index is -1.61.